The first kappa shape index (κ1) is 29.0. The van der Waals surface area contributed by atoms with Crippen LogP contribution in [-0.2, 0) is 17.1 Å². The van der Waals surface area contributed by atoms with Crippen LogP contribution in [0.2, 0.25) is 0 Å². The number of carbonyl (C=O) groups excluding carboxylic acids is 1. The molecule has 1 unspecified atom stereocenters. The number of hydrogen-bond donors (Lipinski definition) is 1. The largest absolute Gasteiger partial charge is 0.426 e. The number of carbonyl (C=O) groups is 1. The van der Waals surface area contributed by atoms with Gasteiger partial charge in [-0.2, -0.15) is 26.3 Å². The fourth-order valence-corrected chi connectivity index (χ4v) is 4.30. The number of halogens is 7. The maximum atomic E-state index is 13.7. The van der Waals surface area contributed by atoms with Gasteiger partial charge in [-0.25, -0.2) is 9.80 Å². The van der Waals surface area contributed by atoms with Crippen molar-refractivity contribution in [1.82, 2.24) is 19.9 Å². The molecule has 40 heavy (non-hydrogen) atoms. The van der Waals surface area contributed by atoms with Gasteiger partial charge in [0.15, 0.2) is 12.6 Å². The number of ether oxygens (including phenoxy) is 1. The summed E-state index contributed by atoms with van der Waals surface area (Å²) in [5.74, 6) is 0.105. The number of hydrazine groups is 1. The summed E-state index contributed by atoms with van der Waals surface area (Å²) in [5.41, 5.74) is -1.84. The third-order valence-electron chi connectivity index (χ3n) is 6.16. The lowest BCUT2D eigenvalue weighted by Crippen LogP contribution is -2.48. The lowest BCUT2D eigenvalue weighted by Gasteiger charge is -2.37. The minimum atomic E-state index is -4.68. The van der Waals surface area contributed by atoms with E-state index in [0.29, 0.717) is 13.1 Å². The Morgan fingerprint density at radius 3 is 2.38 bits per heavy atom. The maximum Gasteiger partial charge on any atom is 0.418 e. The lowest BCUT2D eigenvalue weighted by molar-refractivity contribution is -0.138. The smallest absolute Gasteiger partial charge is 0.418 e. The zero-order valence-corrected chi connectivity index (χ0v) is 21.3. The van der Waals surface area contributed by atoms with Gasteiger partial charge in [-0.1, -0.05) is 0 Å². The van der Waals surface area contributed by atoms with Crippen molar-refractivity contribution in [1.29, 1.82) is 0 Å². The molecule has 1 saturated heterocycles. The standard InChI is InChI=1S/C24H21F6N7O2.ClH/c25-23(26,27)16-5-7-17(8-6-16)32-21-34-33-19-12-15(20-18(24(28,29)30)4-3-9-31-20)13-36(37(19)21)14-39-22(38)35-10-1-2-11-35;/h3-9,12-13,21,32H,1-2,10-11,14H2;1H. The highest BCUT2D eigenvalue weighted by Gasteiger charge is 2.39. The number of amides is 1. The second-order valence-electron chi connectivity index (χ2n) is 8.81. The molecule has 9 nitrogen and oxygen atoms in total. The third-order valence-corrected chi connectivity index (χ3v) is 6.16. The Morgan fingerprint density at radius 1 is 1.02 bits per heavy atom. The highest BCUT2D eigenvalue weighted by atomic mass is 35.5. The van der Waals surface area contributed by atoms with E-state index >= 15 is 0 Å². The number of pyridine rings is 1. The number of alkyl halides is 6. The van der Waals surface area contributed by atoms with Gasteiger partial charge in [0.05, 0.1) is 16.8 Å². The summed E-state index contributed by atoms with van der Waals surface area (Å²) in [6.07, 6.45) is -5.24. The van der Waals surface area contributed by atoms with E-state index in [-0.39, 0.29) is 35.2 Å². The molecule has 0 bridgehead atoms. The monoisotopic (exact) mass is 589 g/mol. The highest BCUT2D eigenvalue weighted by molar-refractivity contribution is 5.85. The van der Waals surface area contributed by atoms with Crippen molar-refractivity contribution in [3.8, 4) is 0 Å². The molecule has 1 atom stereocenters. The van der Waals surface area contributed by atoms with E-state index < -0.39 is 42.6 Å². The van der Waals surface area contributed by atoms with E-state index in [4.69, 9.17) is 4.74 Å². The van der Waals surface area contributed by atoms with Crippen LogP contribution in [0.3, 0.4) is 0 Å². The van der Waals surface area contributed by atoms with Gasteiger partial charge in [0.25, 0.3) is 0 Å². The van der Waals surface area contributed by atoms with Crippen LogP contribution < -0.4 is 5.32 Å². The van der Waals surface area contributed by atoms with Crippen molar-refractivity contribution >= 4 is 29.8 Å². The number of aromatic nitrogens is 1. The van der Waals surface area contributed by atoms with Crippen LogP contribution >= 0.6 is 12.4 Å². The van der Waals surface area contributed by atoms with Gasteiger partial charge in [0.1, 0.15) is 0 Å². The summed E-state index contributed by atoms with van der Waals surface area (Å²) in [6, 6.07) is 6.30. The van der Waals surface area contributed by atoms with Crippen molar-refractivity contribution in [3.63, 3.8) is 0 Å². The molecule has 1 aromatic carbocycles. The minimum absolute atomic E-state index is 0. The quantitative estimate of drug-likeness (QED) is 0.412. The van der Waals surface area contributed by atoms with E-state index in [0.717, 1.165) is 31.0 Å². The van der Waals surface area contributed by atoms with Gasteiger partial charge in [0.2, 0.25) is 6.29 Å². The number of anilines is 1. The molecule has 1 N–H and O–H groups in total. The number of benzene rings is 1. The average Bonchev–Trinajstić information content (AvgIpc) is 3.57. The molecule has 0 aliphatic carbocycles. The second kappa shape index (κ2) is 11.2. The van der Waals surface area contributed by atoms with Crippen molar-refractivity contribution < 1.29 is 35.9 Å². The van der Waals surface area contributed by atoms with E-state index in [2.05, 4.69) is 20.5 Å². The average molecular weight is 590 g/mol. The molecule has 0 spiro atoms. The van der Waals surface area contributed by atoms with Gasteiger partial charge in [0, 0.05) is 36.7 Å². The molecule has 214 valence electrons. The predicted molar refractivity (Wildman–Crippen MR) is 132 cm³/mol. The molecule has 2 aromatic rings. The van der Waals surface area contributed by atoms with Gasteiger partial charge in [-0.3, -0.25) is 9.99 Å². The molecule has 16 heteroatoms. The molecular formula is C24H22ClF6N7O2. The number of nitrogens with one attached hydrogen (secondary N) is 1. The van der Waals surface area contributed by atoms with Crippen molar-refractivity contribution in [2.24, 2.45) is 10.2 Å². The Labute approximate surface area is 230 Å². The summed E-state index contributed by atoms with van der Waals surface area (Å²) in [4.78, 5) is 17.9. The van der Waals surface area contributed by atoms with Crippen LogP contribution in [0.15, 0.2) is 70.9 Å². The van der Waals surface area contributed by atoms with E-state index in [1.807, 2.05) is 0 Å². The molecular weight excluding hydrogens is 568 g/mol. The van der Waals surface area contributed by atoms with Crippen LogP contribution in [0, 0.1) is 0 Å². The number of rotatable bonds is 5. The fourth-order valence-electron chi connectivity index (χ4n) is 4.30. The first-order chi connectivity index (χ1) is 18.5. The number of hydrogen-bond acceptors (Lipinski definition) is 8. The highest BCUT2D eigenvalue weighted by Crippen LogP contribution is 2.38. The maximum absolute atomic E-state index is 13.7. The van der Waals surface area contributed by atoms with Crippen molar-refractivity contribution in [2.45, 2.75) is 31.5 Å². The number of likely N-dealkylation sites (tertiary alicyclic amines) is 1. The van der Waals surface area contributed by atoms with Crippen LogP contribution in [0.4, 0.5) is 36.8 Å². The first-order valence-electron chi connectivity index (χ1n) is 11.8. The van der Waals surface area contributed by atoms with Gasteiger partial charge in [-0.05, 0) is 55.3 Å². The second-order valence-corrected chi connectivity index (χ2v) is 8.81. The zero-order valence-electron chi connectivity index (χ0n) is 20.5. The normalized spacial score (nSPS) is 18.6. The van der Waals surface area contributed by atoms with Crippen LogP contribution in [0.1, 0.15) is 29.7 Å². The Hall–Kier alpha value is -4.01. The van der Waals surface area contributed by atoms with Crippen LogP contribution in [-0.4, -0.2) is 52.1 Å². The number of allylic oxidation sites excluding steroid dienone is 2. The van der Waals surface area contributed by atoms with E-state index in [9.17, 15) is 31.1 Å². The van der Waals surface area contributed by atoms with Gasteiger partial charge >= 0.3 is 18.4 Å². The molecule has 3 aliphatic heterocycles. The zero-order chi connectivity index (χ0) is 27.8. The number of azo groups is 1. The molecule has 3 aliphatic rings. The molecule has 1 fully saturated rings. The molecule has 1 amide bonds. The van der Waals surface area contributed by atoms with Crippen LogP contribution in [0.5, 0.6) is 0 Å². The van der Waals surface area contributed by atoms with Crippen LogP contribution in [0.25, 0.3) is 5.57 Å². The Bertz CT molecular complexity index is 1320. The molecule has 0 saturated carbocycles. The first-order valence-corrected chi connectivity index (χ1v) is 11.8. The fraction of sp³-hybridized carbons (Fsp3) is 0.333. The molecule has 1 aromatic heterocycles. The van der Waals surface area contributed by atoms with Gasteiger partial charge < -0.3 is 15.0 Å². The van der Waals surface area contributed by atoms with Gasteiger partial charge in [-0.15, -0.1) is 22.6 Å². The van der Waals surface area contributed by atoms with Crippen molar-refractivity contribution in [3.05, 3.63) is 77.5 Å². The minimum Gasteiger partial charge on any atom is -0.426 e. The van der Waals surface area contributed by atoms with E-state index in [1.54, 1.807) is 0 Å². The topological polar surface area (TPSA) is 85.7 Å². The number of fused-ring (bicyclic) bond motifs is 1. The van der Waals surface area contributed by atoms with E-state index in [1.165, 1.54) is 51.6 Å². The molecule has 0 radical (unpaired) electrons. The number of nitrogens with zero attached hydrogens (tertiary/aromatic N) is 6. The predicted octanol–water partition coefficient (Wildman–Crippen LogP) is 6.31. The summed E-state index contributed by atoms with van der Waals surface area (Å²) in [6.45, 7) is 0.654. The Morgan fingerprint density at radius 2 is 1.73 bits per heavy atom. The third kappa shape index (κ3) is 6.08. The Balaban J connectivity index is 0.00000370. The lowest BCUT2D eigenvalue weighted by atomic mass is 10.1. The summed E-state index contributed by atoms with van der Waals surface area (Å²) in [5, 5.41) is 13.8. The van der Waals surface area contributed by atoms with Crippen molar-refractivity contribution in [2.75, 3.05) is 25.1 Å². The Kier molecular flexibility index (Phi) is 8.14. The summed E-state index contributed by atoms with van der Waals surface area (Å²) < 4.78 is 85.3. The molecule has 4 heterocycles. The SMILES string of the molecule is Cl.O=C(OCN1C=C(c2ncccc2C(F)(F)F)C=C2N=NC(Nc3ccc(C(F)(F)F)cc3)N21)N1CCCC1. The molecule has 5 rings (SSSR count). The summed E-state index contributed by atoms with van der Waals surface area (Å²) >= 11 is 0. The summed E-state index contributed by atoms with van der Waals surface area (Å²) in [7, 11) is 0.